The number of anilines is 1. The SMILES string of the molecule is CCN(CC)CCCc1ccc(C=CC2=CC(c3ccc(CCCN(CC)CC)cc3)N(c3ccccc3)N2)cc1. The Kier molecular flexibility index (Phi) is 12.1. The molecular formula is C37H50N4. The molecule has 4 rings (SSSR count). The van der Waals surface area contributed by atoms with Crippen molar-refractivity contribution in [1.82, 2.24) is 15.2 Å². The van der Waals surface area contributed by atoms with Crippen LogP contribution in [0.1, 0.15) is 68.8 Å². The molecule has 1 atom stereocenters. The van der Waals surface area contributed by atoms with E-state index in [0.29, 0.717) is 0 Å². The van der Waals surface area contributed by atoms with Gasteiger partial charge in [-0.25, -0.2) is 0 Å². The molecule has 0 aromatic heterocycles. The maximum Gasteiger partial charge on any atom is 0.0958 e. The van der Waals surface area contributed by atoms with Crippen molar-refractivity contribution in [1.29, 1.82) is 0 Å². The largest absolute Gasteiger partial charge is 0.304 e. The third kappa shape index (κ3) is 9.08. The van der Waals surface area contributed by atoms with Crippen LogP contribution in [-0.4, -0.2) is 49.1 Å². The molecule has 41 heavy (non-hydrogen) atoms. The van der Waals surface area contributed by atoms with Crippen LogP contribution in [0.5, 0.6) is 0 Å². The van der Waals surface area contributed by atoms with Gasteiger partial charge in [0.15, 0.2) is 0 Å². The summed E-state index contributed by atoms with van der Waals surface area (Å²) in [7, 11) is 0. The Hall–Kier alpha value is -3.34. The van der Waals surface area contributed by atoms with Gasteiger partial charge in [-0.1, -0.05) is 101 Å². The molecular weight excluding hydrogens is 500 g/mol. The maximum atomic E-state index is 3.66. The molecule has 4 heteroatoms. The zero-order valence-corrected chi connectivity index (χ0v) is 25.7. The van der Waals surface area contributed by atoms with Crippen molar-refractivity contribution in [3.8, 4) is 0 Å². The van der Waals surface area contributed by atoms with Gasteiger partial charge in [0.25, 0.3) is 0 Å². The van der Waals surface area contributed by atoms with Crippen LogP contribution in [0.2, 0.25) is 0 Å². The van der Waals surface area contributed by atoms with E-state index in [4.69, 9.17) is 0 Å². The van der Waals surface area contributed by atoms with Gasteiger partial charge in [-0.15, -0.1) is 0 Å². The van der Waals surface area contributed by atoms with Gasteiger partial charge >= 0.3 is 0 Å². The van der Waals surface area contributed by atoms with Gasteiger partial charge in [0.05, 0.1) is 17.4 Å². The highest BCUT2D eigenvalue weighted by Gasteiger charge is 2.25. The number of para-hydroxylation sites is 1. The molecule has 218 valence electrons. The van der Waals surface area contributed by atoms with E-state index in [2.05, 4.69) is 145 Å². The van der Waals surface area contributed by atoms with Crippen molar-refractivity contribution in [3.63, 3.8) is 0 Å². The third-order valence-electron chi connectivity index (χ3n) is 8.32. The van der Waals surface area contributed by atoms with E-state index in [1.54, 1.807) is 0 Å². The van der Waals surface area contributed by atoms with Crippen LogP contribution in [0.15, 0.2) is 96.7 Å². The van der Waals surface area contributed by atoms with E-state index in [-0.39, 0.29) is 6.04 Å². The molecule has 1 heterocycles. The lowest BCUT2D eigenvalue weighted by molar-refractivity contribution is 0.300. The van der Waals surface area contributed by atoms with Gasteiger partial charge in [0, 0.05) is 0 Å². The number of hydrazine groups is 1. The highest BCUT2D eigenvalue weighted by Crippen LogP contribution is 2.32. The number of allylic oxidation sites excluding steroid dienone is 1. The normalized spacial score (nSPS) is 15.2. The molecule has 0 radical (unpaired) electrons. The number of aryl methyl sites for hydroxylation is 2. The minimum Gasteiger partial charge on any atom is -0.304 e. The van der Waals surface area contributed by atoms with Crippen LogP contribution in [0, 0.1) is 0 Å². The molecule has 0 spiro atoms. The Balaban J connectivity index is 1.41. The summed E-state index contributed by atoms with van der Waals surface area (Å²) in [5, 5.41) is 2.27. The summed E-state index contributed by atoms with van der Waals surface area (Å²) < 4.78 is 0. The van der Waals surface area contributed by atoms with Crippen molar-refractivity contribution in [2.45, 2.75) is 59.4 Å². The van der Waals surface area contributed by atoms with Gasteiger partial charge in [-0.2, -0.15) is 0 Å². The lowest BCUT2D eigenvalue weighted by Gasteiger charge is -2.27. The van der Waals surface area contributed by atoms with Crippen LogP contribution in [-0.2, 0) is 12.8 Å². The lowest BCUT2D eigenvalue weighted by Crippen LogP contribution is -2.34. The Bertz CT molecular complexity index is 1210. The highest BCUT2D eigenvalue weighted by molar-refractivity contribution is 5.58. The first-order valence-corrected chi connectivity index (χ1v) is 15.8. The van der Waals surface area contributed by atoms with Crippen LogP contribution in [0.25, 0.3) is 6.08 Å². The first-order chi connectivity index (χ1) is 20.1. The second-order valence-corrected chi connectivity index (χ2v) is 11.0. The molecule has 0 aliphatic carbocycles. The molecule has 3 aromatic rings. The summed E-state index contributed by atoms with van der Waals surface area (Å²) in [6.45, 7) is 15.8. The van der Waals surface area contributed by atoms with E-state index in [1.165, 1.54) is 48.2 Å². The highest BCUT2D eigenvalue weighted by atomic mass is 15.5. The van der Waals surface area contributed by atoms with Crippen LogP contribution >= 0.6 is 0 Å². The number of benzene rings is 3. The molecule has 0 fully saturated rings. The Labute approximate surface area is 249 Å². The molecule has 0 saturated heterocycles. The quantitative estimate of drug-likeness (QED) is 0.196. The predicted molar refractivity (Wildman–Crippen MR) is 177 cm³/mol. The number of nitrogens with zero attached hydrogens (tertiary/aromatic N) is 3. The summed E-state index contributed by atoms with van der Waals surface area (Å²) >= 11 is 0. The van der Waals surface area contributed by atoms with Crippen molar-refractivity contribution in [2.75, 3.05) is 44.3 Å². The Morgan fingerprint density at radius 2 is 1.20 bits per heavy atom. The zero-order chi connectivity index (χ0) is 28.9. The van der Waals surface area contributed by atoms with E-state index in [1.807, 2.05) is 0 Å². The minimum atomic E-state index is 0.134. The number of hydrogen-bond acceptors (Lipinski definition) is 4. The molecule has 1 aliphatic rings. The van der Waals surface area contributed by atoms with E-state index >= 15 is 0 Å². The molecule has 0 saturated carbocycles. The summed E-state index contributed by atoms with van der Waals surface area (Å²) in [5.41, 5.74) is 11.3. The monoisotopic (exact) mass is 550 g/mol. The smallest absolute Gasteiger partial charge is 0.0958 e. The Morgan fingerprint density at radius 3 is 1.73 bits per heavy atom. The first-order valence-electron chi connectivity index (χ1n) is 15.8. The van der Waals surface area contributed by atoms with E-state index in [0.717, 1.165) is 50.4 Å². The maximum absolute atomic E-state index is 3.66. The first kappa shape index (κ1) is 30.6. The van der Waals surface area contributed by atoms with Crippen LogP contribution < -0.4 is 10.4 Å². The van der Waals surface area contributed by atoms with E-state index < -0.39 is 0 Å². The predicted octanol–water partition coefficient (Wildman–Crippen LogP) is 7.90. The van der Waals surface area contributed by atoms with Crippen LogP contribution in [0.3, 0.4) is 0 Å². The summed E-state index contributed by atoms with van der Waals surface area (Å²) in [4.78, 5) is 4.99. The fourth-order valence-electron chi connectivity index (χ4n) is 5.60. The number of nitrogens with one attached hydrogen (secondary N) is 1. The molecule has 0 amide bonds. The minimum absolute atomic E-state index is 0.134. The van der Waals surface area contributed by atoms with Gasteiger partial charge in [-0.05, 0) is 111 Å². The topological polar surface area (TPSA) is 21.8 Å². The fourth-order valence-corrected chi connectivity index (χ4v) is 5.60. The summed E-state index contributed by atoms with van der Waals surface area (Å²) in [6.07, 6.45) is 11.4. The average molecular weight is 551 g/mol. The van der Waals surface area contributed by atoms with Crippen molar-refractivity contribution < 1.29 is 0 Å². The van der Waals surface area contributed by atoms with Crippen molar-refractivity contribution in [2.24, 2.45) is 0 Å². The molecule has 0 bridgehead atoms. The molecule has 1 aliphatic heterocycles. The number of hydrogen-bond donors (Lipinski definition) is 1. The standard InChI is InChI=1S/C37H50N4/c1-5-39(6-2)28-12-14-31-18-20-33(21-19-31)24-27-35-30-37(41(38-35)36-16-10-9-11-17-36)34-25-22-32(23-26-34)15-13-29-40(7-3)8-4/h9-11,16-27,30,37-38H,5-8,12-15,28-29H2,1-4H3. The molecule has 4 nitrogen and oxygen atoms in total. The van der Waals surface area contributed by atoms with Gasteiger partial charge in [0.1, 0.15) is 0 Å². The van der Waals surface area contributed by atoms with Crippen molar-refractivity contribution >= 4 is 11.8 Å². The number of rotatable bonds is 16. The Morgan fingerprint density at radius 1 is 0.659 bits per heavy atom. The summed E-state index contributed by atoms with van der Waals surface area (Å²) in [6, 6.07) is 29.0. The molecule has 1 N–H and O–H groups in total. The van der Waals surface area contributed by atoms with Crippen LogP contribution in [0.4, 0.5) is 5.69 Å². The lowest BCUT2D eigenvalue weighted by atomic mass is 10.0. The fraction of sp³-hybridized carbons (Fsp3) is 0.405. The second kappa shape index (κ2) is 16.2. The molecule has 1 unspecified atom stereocenters. The van der Waals surface area contributed by atoms with E-state index in [9.17, 15) is 0 Å². The van der Waals surface area contributed by atoms with Crippen molar-refractivity contribution in [3.05, 3.63) is 119 Å². The zero-order valence-electron chi connectivity index (χ0n) is 25.7. The summed E-state index contributed by atoms with van der Waals surface area (Å²) in [5.74, 6) is 0. The third-order valence-corrected chi connectivity index (χ3v) is 8.32. The van der Waals surface area contributed by atoms with Gasteiger partial charge in [-0.3, -0.25) is 10.4 Å². The van der Waals surface area contributed by atoms with Gasteiger partial charge < -0.3 is 9.80 Å². The molecule has 3 aromatic carbocycles. The average Bonchev–Trinajstić information content (AvgIpc) is 3.46. The van der Waals surface area contributed by atoms with Gasteiger partial charge in [0.2, 0.25) is 0 Å². The second-order valence-electron chi connectivity index (χ2n) is 11.0.